The Hall–Kier alpha value is -0.330. The third kappa shape index (κ3) is 3.83. The number of alkyl halides is 3. The van der Waals surface area contributed by atoms with Gasteiger partial charge >= 0.3 is 6.18 Å². The minimum atomic E-state index is -4.10. The number of piperidine rings is 1. The number of aliphatic hydroxyl groups is 1. The number of rotatable bonds is 3. The molecule has 2 heterocycles. The first-order valence-electron chi connectivity index (χ1n) is 6.93. The molecular formula is C13H22F3NO2. The van der Waals surface area contributed by atoms with Crippen LogP contribution in [0.2, 0.25) is 0 Å². The molecule has 0 saturated carbocycles. The molecule has 3 nitrogen and oxygen atoms in total. The van der Waals surface area contributed by atoms with Crippen molar-refractivity contribution in [3.8, 4) is 0 Å². The maximum absolute atomic E-state index is 12.8. The van der Waals surface area contributed by atoms with Gasteiger partial charge in [0.25, 0.3) is 0 Å². The van der Waals surface area contributed by atoms with Crippen LogP contribution < -0.4 is 0 Å². The maximum Gasteiger partial charge on any atom is 0.393 e. The summed E-state index contributed by atoms with van der Waals surface area (Å²) in [5.41, 5.74) is -0.369. The smallest absolute Gasteiger partial charge is 0.393 e. The van der Waals surface area contributed by atoms with Gasteiger partial charge in [0.2, 0.25) is 0 Å². The van der Waals surface area contributed by atoms with Gasteiger partial charge in [0.15, 0.2) is 0 Å². The molecular weight excluding hydrogens is 259 g/mol. The van der Waals surface area contributed by atoms with E-state index in [-0.39, 0.29) is 25.0 Å². The van der Waals surface area contributed by atoms with Gasteiger partial charge in [-0.3, -0.25) is 0 Å². The van der Waals surface area contributed by atoms with E-state index in [1.807, 2.05) is 4.90 Å². The molecule has 0 radical (unpaired) electrons. The van der Waals surface area contributed by atoms with Crippen LogP contribution in [0, 0.1) is 11.3 Å². The van der Waals surface area contributed by atoms with Gasteiger partial charge in [-0.25, -0.2) is 0 Å². The van der Waals surface area contributed by atoms with Crippen LogP contribution in [-0.4, -0.2) is 55.6 Å². The SMILES string of the molecule is OCC1(CN2CCCC(C(F)(F)F)C2)CCCOC1. The summed E-state index contributed by atoms with van der Waals surface area (Å²) in [5.74, 6) is -1.22. The van der Waals surface area contributed by atoms with Gasteiger partial charge in [0, 0.05) is 25.1 Å². The summed E-state index contributed by atoms with van der Waals surface area (Å²) in [5, 5.41) is 9.57. The van der Waals surface area contributed by atoms with E-state index in [0.29, 0.717) is 32.7 Å². The summed E-state index contributed by atoms with van der Waals surface area (Å²) in [6.45, 7) is 2.39. The third-order valence-electron chi connectivity index (χ3n) is 4.27. The van der Waals surface area contributed by atoms with E-state index in [2.05, 4.69) is 0 Å². The van der Waals surface area contributed by atoms with Crippen LogP contribution in [0.5, 0.6) is 0 Å². The first kappa shape index (κ1) is 15.1. The van der Waals surface area contributed by atoms with E-state index in [1.165, 1.54) is 0 Å². The largest absolute Gasteiger partial charge is 0.396 e. The van der Waals surface area contributed by atoms with E-state index in [9.17, 15) is 18.3 Å². The van der Waals surface area contributed by atoms with Crippen LogP contribution in [0.15, 0.2) is 0 Å². The molecule has 0 aromatic carbocycles. The Morgan fingerprint density at radius 3 is 2.68 bits per heavy atom. The fourth-order valence-corrected chi connectivity index (χ4v) is 3.15. The molecule has 2 aliphatic heterocycles. The Balaban J connectivity index is 1.94. The summed E-state index contributed by atoms with van der Waals surface area (Å²) in [4.78, 5) is 1.85. The molecule has 19 heavy (non-hydrogen) atoms. The first-order chi connectivity index (χ1) is 8.95. The maximum atomic E-state index is 12.8. The fraction of sp³-hybridized carbons (Fsp3) is 1.00. The minimum absolute atomic E-state index is 0.0137. The Kier molecular flexibility index (Phi) is 4.74. The van der Waals surface area contributed by atoms with Gasteiger partial charge in [-0.15, -0.1) is 0 Å². The number of ether oxygens (including phenoxy) is 1. The first-order valence-corrected chi connectivity index (χ1v) is 6.93. The van der Waals surface area contributed by atoms with Gasteiger partial charge in [-0.1, -0.05) is 0 Å². The van der Waals surface area contributed by atoms with Crippen molar-refractivity contribution in [1.82, 2.24) is 4.90 Å². The van der Waals surface area contributed by atoms with E-state index >= 15 is 0 Å². The number of likely N-dealkylation sites (tertiary alicyclic amines) is 1. The molecule has 1 N–H and O–H groups in total. The Morgan fingerprint density at radius 2 is 2.11 bits per heavy atom. The molecule has 112 valence electrons. The number of halogens is 3. The molecule has 2 rings (SSSR count). The van der Waals surface area contributed by atoms with Gasteiger partial charge < -0.3 is 14.7 Å². The topological polar surface area (TPSA) is 32.7 Å². The van der Waals surface area contributed by atoms with Gasteiger partial charge in [-0.2, -0.15) is 13.2 Å². The zero-order valence-corrected chi connectivity index (χ0v) is 11.1. The summed E-state index contributed by atoms with van der Waals surface area (Å²) < 4.78 is 43.7. The van der Waals surface area contributed by atoms with Crippen molar-refractivity contribution < 1.29 is 23.0 Å². The molecule has 2 atom stereocenters. The summed E-state index contributed by atoms with van der Waals surface area (Å²) in [6, 6.07) is 0. The summed E-state index contributed by atoms with van der Waals surface area (Å²) >= 11 is 0. The zero-order valence-electron chi connectivity index (χ0n) is 11.1. The predicted molar refractivity (Wildman–Crippen MR) is 64.8 cm³/mol. The Labute approximate surface area is 111 Å². The average Bonchev–Trinajstić information content (AvgIpc) is 2.39. The molecule has 2 unspecified atom stereocenters. The molecule has 2 aliphatic rings. The van der Waals surface area contributed by atoms with Crippen LogP contribution in [-0.2, 0) is 4.74 Å². The number of aliphatic hydroxyl groups excluding tert-OH is 1. The fourth-order valence-electron chi connectivity index (χ4n) is 3.15. The lowest BCUT2D eigenvalue weighted by Gasteiger charge is -2.42. The molecule has 2 fully saturated rings. The highest BCUT2D eigenvalue weighted by Gasteiger charge is 2.43. The van der Waals surface area contributed by atoms with Crippen LogP contribution >= 0.6 is 0 Å². The molecule has 6 heteroatoms. The number of nitrogens with zero attached hydrogens (tertiary/aromatic N) is 1. The van der Waals surface area contributed by atoms with Gasteiger partial charge in [0.05, 0.1) is 19.1 Å². The molecule has 0 aromatic heterocycles. The zero-order chi connectivity index (χ0) is 13.9. The standard InChI is InChI=1S/C13H22F3NO2/c14-13(15,16)11-3-1-5-17(7-11)8-12(9-18)4-2-6-19-10-12/h11,18H,1-10H2. The summed E-state index contributed by atoms with van der Waals surface area (Å²) in [6.07, 6.45) is -1.60. The average molecular weight is 281 g/mol. The number of hydrogen-bond acceptors (Lipinski definition) is 3. The lowest BCUT2D eigenvalue weighted by atomic mass is 9.82. The normalized spacial score (nSPS) is 34.4. The van der Waals surface area contributed by atoms with Crippen LogP contribution in [0.1, 0.15) is 25.7 Å². The lowest BCUT2D eigenvalue weighted by molar-refractivity contribution is -0.189. The lowest BCUT2D eigenvalue weighted by Crippen LogP contribution is -2.50. The third-order valence-corrected chi connectivity index (χ3v) is 4.27. The van der Waals surface area contributed by atoms with Crippen molar-refractivity contribution in [1.29, 1.82) is 0 Å². The molecule has 2 saturated heterocycles. The van der Waals surface area contributed by atoms with Crippen LogP contribution in [0.4, 0.5) is 13.2 Å². The monoisotopic (exact) mass is 281 g/mol. The van der Waals surface area contributed by atoms with E-state index in [4.69, 9.17) is 4.74 Å². The van der Waals surface area contributed by atoms with Crippen molar-refractivity contribution in [3.05, 3.63) is 0 Å². The van der Waals surface area contributed by atoms with Crippen LogP contribution in [0.3, 0.4) is 0 Å². The highest BCUT2D eigenvalue weighted by molar-refractivity contribution is 4.87. The minimum Gasteiger partial charge on any atom is -0.396 e. The Morgan fingerprint density at radius 1 is 1.32 bits per heavy atom. The Bertz CT molecular complexity index is 290. The van der Waals surface area contributed by atoms with Crippen molar-refractivity contribution in [3.63, 3.8) is 0 Å². The van der Waals surface area contributed by atoms with Gasteiger partial charge in [0.1, 0.15) is 0 Å². The second-order valence-electron chi connectivity index (χ2n) is 5.93. The second kappa shape index (κ2) is 5.97. The van der Waals surface area contributed by atoms with Gasteiger partial charge in [-0.05, 0) is 32.2 Å². The van der Waals surface area contributed by atoms with E-state index in [0.717, 1.165) is 12.8 Å². The molecule has 0 aromatic rings. The molecule has 0 bridgehead atoms. The van der Waals surface area contributed by atoms with E-state index < -0.39 is 12.1 Å². The molecule has 0 spiro atoms. The van der Waals surface area contributed by atoms with Crippen molar-refractivity contribution in [2.24, 2.45) is 11.3 Å². The van der Waals surface area contributed by atoms with Crippen molar-refractivity contribution in [2.75, 3.05) is 39.5 Å². The highest BCUT2D eigenvalue weighted by Crippen LogP contribution is 2.35. The highest BCUT2D eigenvalue weighted by atomic mass is 19.4. The second-order valence-corrected chi connectivity index (χ2v) is 5.93. The predicted octanol–water partition coefficient (Wildman–Crippen LogP) is 2.05. The van der Waals surface area contributed by atoms with Crippen molar-refractivity contribution in [2.45, 2.75) is 31.9 Å². The quantitative estimate of drug-likeness (QED) is 0.859. The van der Waals surface area contributed by atoms with Crippen molar-refractivity contribution >= 4 is 0 Å². The summed E-state index contributed by atoms with van der Waals surface area (Å²) in [7, 11) is 0. The van der Waals surface area contributed by atoms with E-state index in [1.54, 1.807) is 0 Å². The molecule has 0 amide bonds. The van der Waals surface area contributed by atoms with Crippen LogP contribution in [0.25, 0.3) is 0 Å². The molecule has 0 aliphatic carbocycles. The number of hydrogen-bond donors (Lipinski definition) is 1.